The molecule has 0 bridgehead atoms. The number of anilines is 1. The van der Waals surface area contributed by atoms with Crippen molar-refractivity contribution >= 4 is 34.8 Å². The minimum atomic E-state index is -4.44. The lowest BCUT2D eigenvalue weighted by Crippen LogP contribution is -2.36. The maximum absolute atomic E-state index is 13.3. The normalized spacial score (nSPS) is 16.2. The van der Waals surface area contributed by atoms with E-state index in [1.54, 1.807) is 17.5 Å². The molecule has 1 saturated carbocycles. The summed E-state index contributed by atoms with van der Waals surface area (Å²) in [4.78, 5) is 39.2. The van der Waals surface area contributed by atoms with Gasteiger partial charge in [-0.25, -0.2) is 4.79 Å². The first-order chi connectivity index (χ1) is 16.6. The molecule has 1 aromatic heterocycles. The SMILES string of the molecule is O=C(O)c1ccc(C2(NC(=O)c3csc4c3N(Cc3ccc(C(F)(F)F)cc3)C(=O)C4)CC2)cc1. The van der Waals surface area contributed by atoms with E-state index in [-0.39, 0.29) is 30.3 Å². The average Bonchev–Trinajstić information content (AvgIpc) is 3.38. The maximum Gasteiger partial charge on any atom is 0.416 e. The molecule has 0 saturated heterocycles. The number of carbonyl (C=O) groups excluding carboxylic acids is 2. The molecule has 1 aliphatic heterocycles. The first kappa shape index (κ1) is 23.1. The molecule has 0 radical (unpaired) electrons. The number of amides is 2. The third-order valence-electron chi connectivity index (χ3n) is 6.37. The summed E-state index contributed by atoms with van der Waals surface area (Å²) < 4.78 is 38.6. The average molecular weight is 500 g/mol. The fourth-order valence-electron chi connectivity index (χ4n) is 4.31. The Kier molecular flexibility index (Phi) is 5.43. The number of carbonyl (C=O) groups is 3. The number of hydrogen-bond donors (Lipinski definition) is 2. The molecule has 10 heteroatoms. The van der Waals surface area contributed by atoms with E-state index >= 15 is 0 Å². The monoisotopic (exact) mass is 500 g/mol. The summed E-state index contributed by atoms with van der Waals surface area (Å²) in [6, 6.07) is 11.0. The number of nitrogens with one attached hydrogen (secondary N) is 1. The number of fused-ring (bicyclic) bond motifs is 1. The van der Waals surface area contributed by atoms with Crippen LogP contribution in [-0.4, -0.2) is 22.9 Å². The van der Waals surface area contributed by atoms with Gasteiger partial charge in [-0.2, -0.15) is 13.2 Å². The Morgan fingerprint density at radius 1 is 1.06 bits per heavy atom. The summed E-state index contributed by atoms with van der Waals surface area (Å²) in [5.74, 6) is -1.60. The zero-order valence-corrected chi connectivity index (χ0v) is 19.0. The quantitative estimate of drug-likeness (QED) is 0.500. The van der Waals surface area contributed by atoms with Crippen LogP contribution in [0, 0.1) is 0 Å². The fraction of sp³-hybridized carbons (Fsp3) is 0.240. The van der Waals surface area contributed by atoms with Crippen molar-refractivity contribution in [3.63, 3.8) is 0 Å². The van der Waals surface area contributed by atoms with E-state index in [0.717, 1.165) is 22.6 Å². The first-order valence-corrected chi connectivity index (χ1v) is 11.7. The summed E-state index contributed by atoms with van der Waals surface area (Å²) >= 11 is 1.30. The standard InChI is InChI=1S/C25H19F3N2O4S/c26-25(27,28)17-5-1-14(2-6-17)12-30-20(31)11-19-21(30)18(13-35-19)22(32)29-24(9-10-24)16-7-3-15(4-8-16)23(33)34/h1-8,13H,9-12H2,(H,29,32)(H,33,34). The Morgan fingerprint density at radius 2 is 1.71 bits per heavy atom. The maximum atomic E-state index is 13.3. The van der Waals surface area contributed by atoms with Crippen molar-refractivity contribution in [2.24, 2.45) is 0 Å². The molecular weight excluding hydrogens is 481 g/mol. The third-order valence-corrected chi connectivity index (χ3v) is 7.35. The molecule has 2 N–H and O–H groups in total. The van der Waals surface area contributed by atoms with Crippen LogP contribution in [0.3, 0.4) is 0 Å². The molecule has 5 rings (SSSR count). The van der Waals surface area contributed by atoms with Crippen LogP contribution in [0.5, 0.6) is 0 Å². The van der Waals surface area contributed by atoms with Crippen molar-refractivity contribution in [1.29, 1.82) is 0 Å². The van der Waals surface area contributed by atoms with Crippen LogP contribution in [0.15, 0.2) is 53.9 Å². The van der Waals surface area contributed by atoms with Crippen LogP contribution in [-0.2, 0) is 29.5 Å². The van der Waals surface area contributed by atoms with Gasteiger partial charge in [-0.1, -0.05) is 24.3 Å². The highest BCUT2D eigenvalue weighted by Crippen LogP contribution is 2.47. The summed E-state index contributed by atoms with van der Waals surface area (Å²) in [5.41, 5.74) is 0.962. The highest BCUT2D eigenvalue weighted by atomic mass is 32.1. The lowest BCUT2D eigenvalue weighted by molar-refractivity contribution is -0.137. The number of thiophene rings is 1. The second-order valence-corrected chi connectivity index (χ2v) is 9.66. The van der Waals surface area contributed by atoms with Crippen LogP contribution in [0.1, 0.15) is 55.1 Å². The smallest absolute Gasteiger partial charge is 0.416 e. The van der Waals surface area contributed by atoms with Gasteiger partial charge in [0, 0.05) is 10.3 Å². The van der Waals surface area contributed by atoms with Crippen LogP contribution >= 0.6 is 11.3 Å². The molecule has 2 amide bonds. The summed E-state index contributed by atoms with van der Waals surface area (Å²) in [6.07, 6.45) is -2.91. The lowest BCUT2D eigenvalue weighted by Gasteiger charge is -2.21. The predicted octanol–water partition coefficient (Wildman–Crippen LogP) is 4.97. The van der Waals surface area contributed by atoms with Crippen molar-refractivity contribution in [1.82, 2.24) is 5.32 Å². The van der Waals surface area contributed by atoms with Gasteiger partial charge in [0.05, 0.1) is 40.9 Å². The number of rotatable bonds is 6. The second-order valence-electron chi connectivity index (χ2n) is 8.69. The van der Waals surface area contributed by atoms with E-state index in [9.17, 15) is 27.6 Å². The summed E-state index contributed by atoms with van der Waals surface area (Å²) in [6.45, 7) is 0.0583. The van der Waals surface area contributed by atoms with Crippen molar-refractivity contribution in [2.75, 3.05) is 4.90 Å². The number of nitrogens with zero attached hydrogens (tertiary/aromatic N) is 1. The van der Waals surface area contributed by atoms with E-state index in [1.165, 1.54) is 40.5 Å². The van der Waals surface area contributed by atoms with E-state index < -0.39 is 23.2 Å². The summed E-state index contributed by atoms with van der Waals surface area (Å²) in [7, 11) is 0. The summed E-state index contributed by atoms with van der Waals surface area (Å²) in [5, 5.41) is 13.8. The van der Waals surface area contributed by atoms with Gasteiger partial charge >= 0.3 is 12.1 Å². The van der Waals surface area contributed by atoms with Crippen LogP contribution in [0.2, 0.25) is 0 Å². The van der Waals surface area contributed by atoms with Gasteiger partial charge in [0.2, 0.25) is 5.91 Å². The predicted molar refractivity (Wildman–Crippen MR) is 122 cm³/mol. The zero-order valence-electron chi connectivity index (χ0n) is 18.2. The Balaban J connectivity index is 1.36. The van der Waals surface area contributed by atoms with E-state index in [1.807, 2.05) is 0 Å². The Bertz CT molecular complexity index is 1330. The molecule has 35 heavy (non-hydrogen) atoms. The van der Waals surface area contributed by atoms with Crippen molar-refractivity contribution < 1.29 is 32.7 Å². The molecular formula is C25H19F3N2O4S. The number of aromatic carboxylic acids is 1. The van der Waals surface area contributed by atoms with Gasteiger partial charge in [-0.15, -0.1) is 11.3 Å². The van der Waals surface area contributed by atoms with Crippen molar-refractivity contribution in [3.05, 3.63) is 86.6 Å². The van der Waals surface area contributed by atoms with E-state index in [2.05, 4.69) is 5.32 Å². The fourth-order valence-corrected chi connectivity index (χ4v) is 5.33. The van der Waals surface area contributed by atoms with Gasteiger partial charge in [-0.3, -0.25) is 9.59 Å². The van der Waals surface area contributed by atoms with Gasteiger partial charge in [0.25, 0.3) is 5.91 Å². The number of carboxylic acid groups (broad SMARTS) is 1. The first-order valence-electron chi connectivity index (χ1n) is 10.8. The molecule has 1 aliphatic carbocycles. The molecule has 0 atom stereocenters. The minimum Gasteiger partial charge on any atom is -0.478 e. The molecule has 0 unspecified atom stereocenters. The molecule has 3 aromatic rings. The van der Waals surface area contributed by atoms with E-state index in [4.69, 9.17) is 5.11 Å². The number of carboxylic acids is 1. The topological polar surface area (TPSA) is 86.7 Å². The minimum absolute atomic E-state index is 0.0583. The highest BCUT2D eigenvalue weighted by molar-refractivity contribution is 7.11. The largest absolute Gasteiger partial charge is 0.478 e. The molecule has 0 spiro atoms. The highest BCUT2D eigenvalue weighted by Gasteiger charge is 2.46. The van der Waals surface area contributed by atoms with Gasteiger partial charge < -0.3 is 15.3 Å². The molecule has 2 aromatic carbocycles. The number of hydrogen-bond acceptors (Lipinski definition) is 4. The van der Waals surface area contributed by atoms with Crippen molar-refractivity contribution in [2.45, 2.75) is 37.5 Å². The van der Waals surface area contributed by atoms with E-state index in [0.29, 0.717) is 29.7 Å². The Hall–Kier alpha value is -3.66. The lowest BCUT2D eigenvalue weighted by atomic mass is 10.0. The Morgan fingerprint density at radius 3 is 2.29 bits per heavy atom. The van der Waals surface area contributed by atoms with Crippen molar-refractivity contribution in [3.8, 4) is 0 Å². The molecule has 2 heterocycles. The molecule has 1 fully saturated rings. The second kappa shape index (κ2) is 8.23. The third kappa shape index (κ3) is 4.29. The van der Waals surface area contributed by atoms with Crippen LogP contribution in [0.4, 0.5) is 18.9 Å². The van der Waals surface area contributed by atoms with Crippen LogP contribution < -0.4 is 10.2 Å². The van der Waals surface area contributed by atoms with Gasteiger partial charge in [0.15, 0.2) is 0 Å². The van der Waals surface area contributed by atoms with Crippen LogP contribution in [0.25, 0.3) is 0 Å². The molecule has 180 valence electrons. The van der Waals surface area contributed by atoms with Gasteiger partial charge in [-0.05, 0) is 48.2 Å². The Labute approximate surface area is 202 Å². The van der Waals surface area contributed by atoms with Gasteiger partial charge in [0.1, 0.15) is 0 Å². The number of benzene rings is 2. The number of alkyl halides is 3. The molecule has 2 aliphatic rings. The molecule has 6 nitrogen and oxygen atoms in total. The number of halogens is 3. The zero-order chi connectivity index (χ0) is 25.0.